The van der Waals surface area contributed by atoms with E-state index in [-0.39, 0.29) is 30.4 Å². The molecule has 0 unspecified atom stereocenters. The van der Waals surface area contributed by atoms with Gasteiger partial charge in [0.05, 0.1) is 0 Å². The molecule has 0 bridgehead atoms. The summed E-state index contributed by atoms with van der Waals surface area (Å²) in [5.74, 6) is -0.524. The fourth-order valence-electron chi connectivity index (χ4n) is 2.50. The maximum absolute atomic E-state index is 12.3. The fourth-order valence-corrected chi connectivity index (χ4v) is 2.50. The summed E-state index contributed by atoms with van der Waals surface area (Å²) in [7, 11) is 1.55. The first kappa shape index (κ1) is 18.4. The monoisotopic (exact) mass is 338 g/mol. The second-order valence-corrected chi connectivity index (χ2v) is 5.95. The van der Waals surface area contributed by atoms with Crippen LogP contribution in [0.5, 0.6) is 0 Å². The van der Waals surface area contributed by atoms with Crippen molar-refractivity contribution in [2.45, 2.75) is 26.7 Å². The van der Waals surface area contributed by atoms with Crippen LogP contribution in [0.25, 0.3) is 0 Å². The lowest BCUT2D eigenvalue weighted by Crippen LogP contribution is -2.18. The molecule has 0 radical (unpaired) electrons. The highest BCUT2D eigenvalue weighted by atomic mass is 16.2. The minimum atomic E-state index is -0.257. The summed E-state index contributed by atoms with van der Waals surface area (Å²) >= 11 is 0. The van der Waals surface area contributed by atoms with E-state index in [1.807, 2.05) is 32.0 Å². The Hall–Kier alpha value is -2.95. The Morgan fingerprint density at radius 2 is 1.72 bits per heavy atom. The maximum atomic E-state index is 12.3. The number of hydrogen-bond acceptors (Lipinski definition) is 3. The zero-order valence-corrected chi connectivity index (χ0v) is 14.7. The average Bonchev–Trinajstić information content (AvgIpc) is 2.61. The minimum Gasteiger partial charge on any atom is -0.355 e. The summed E-state index contributed by atoms with van der Waals surface area (Å²) in [4.78, 5) is 36.0. The molecular weight excluding hydrogens is 316 g/mol. The standard InChI is InChI=1S/C20H22N2O3/c1-13-7-8-14(2)17(11-13)18(23)9-10-19(24)22-16-6-4-5-15(12-16)20(25)21-3/h4-8,11-12H,9-10H2,1-3H3,(H,21,25)(H,22,24). The molecule has 2 amide bonds. The van der Waals surface area contributed by atoms with E-state index in [4.69, 9.17) is 0 Å². The number of ketones is 1. The van der Waals surface area contributed by atoms with Crippen LogP contribution in [-0.2, 0) is 4.79 Å². The number of amides is 2. The molecule has 0 fully saturated rings. The van der Waals surface area contributed by atoms with Crippen molar-refractivity contribution >= 4 is 23.3 Å². The lowest BCUT2D eigenvalue weighted by atomic mass is 9.99. The van der Waals surface area contributed by atoms with Crippen LogP contribution in [-0.4, -0.2) is 24.6 Å². The second-order valence-electron chi connectivity index (χ2n) is 5.95. The molecule has 25 heavy (non-hydrogen) atoms. The molecule has 2 aromatic rings. The minimum absolute atomic E-state index is 0.0459. The van der Waals surface area contributed by atoms with Gasteiger partial charge in [-0.05, 0) is 43.7 Å². The average molecular weight is 338 g/mol. The van der Waals surface area contributed by atoms with Crippen molar-refractivity contribution in [3.8, 4) is 0 Å². The van der Waals surface area contributed by atoms with Gasteiger partial charge in [-0.25, -0.2) is 0 Å². The van der Waals surface area contributed by atoms with Crippen LogP contribution in [0.2, 0.25) is 0 Å². The smallest absolute Gasteiger partial charge is 0.251 e. The van der Waals surface area contributed by atoms with E-state index >= 15 is 0 Å². The number of carbonyl (C=O) groups is 3. The first-order chi connectivity index (χ1) is 11.9. The maximum Gasteiger partial charge on any atom is 0.251 e. The highest BCUT2D eigenvalue weighted by Gasteiger charge is 2.12. The van der Waals surface area contributed by atoms with Gasteiger partial charge < -0.3 is 10.6 Å². The predicted octanol–water partition coefficient (Wildman–Crippen LogP) is 3.26. The molecule has 5 heteroatoms. The van der Waals surface area contributed by atoms with Gasteiger partial charge in [0.15, 0.2) is 5.78 Å². The zero-order valence-electron chi connectivity index (χ0n) is 14.7. The molecule has 130 valence electrons. The van der Waals surface area contributed by atoms with E-state index in [9.17, 15) is 14.4 Å². The van der Waals surface area contributed by atoms with Crippen LogP contribution < -0.4 is 10.6 Å². The Kier molecular flexibility index (Phi) is 6.06. The Labute approximate surface area is 147 Å². The van der Waals surface area contributed by atoms with Gasteiger partial charge in [-0.2, -0.15) is 0 Å². The molecule has 0 atom stereocenters. The zero-order chi connectivity index (χ0) is 18.4. The first-order valence-electron chi connectivity index (χ1n) is 8.13. The van der Waals surface area contributed by atoms with Crippen molar-refractivity contribution in [2.24, 2.45) is 0 Å². The van der Waals surface area contributed by atoms with E-state index in [0.29, 0.717) is 16.8 Å². The van der Waals surface area contributed by atoms with Crippen LogP contribution in [0.1, 0.15) is 44.7 Å². The third kappa shape index (κ3) is 5.01. The number of aryl methyl sites for hydroxylation is 2. The molecule has 0 aliphatic carbocycles. The number of hydrogen-bond donors (Lipinski definition) is 2. The molecule has 0 spiro atoms. The van der Waals surface area contributed by atoms with Crippen molar-refractivity contribution in [3.63, 3.8) is 0 Å². The van der Waals surface area contributed by atoms with E-state index in [0.717, 1.165) is 11.1 Å². The normalized spacial score (nSPS) is 10.2. The van der Waals surface area contributed by atoms with E-state index < -0.39 is 0 Å². The molecule has 2 aromatic carbocycles. The summed E-state index contributed by atoms with van der Waals surface area (Å²) in [6, 6.07) is 12.4. The van der Waals surface area contributed by atoms with Gasteiger partial charge in [0.25, 0.3) is 5.91 Å². The van der Waals surface area contributed by atoms with Crippen molar-refractivity contribution in [1.29, 1.82) is 0 Å². The SMILES string of the molecule is CNC(=O)c1cccc(NC(=O)CCC(=O)c2cc(C)ccc2C)c1. The largest absolute Gasteiger partial charge is 0.355 e. The molecule has 5 nitrogen and oxygen atoms in total. The Bertz CT molecular complexity index is 812. The van der Waals surface area contributed by atoms with Crippen LogP contribution >= 0.6 is 0 Å². The molecule has 0 aliphatic heterocycles. The molecule has 0 saturated carbocycles. The topological polar surface area (TPSA) is 75.3 Å². The lowest BCUT2D eigenvalue weighted by molar-refractivity contribution is -0.116. The third-order valence-corrected chi connectivity index (χ3v) is 3.91. The molecule has 0 aromatic heterocycles. The number of anilines is 1. The predicted molar refractivity (Wildman–Crippen MR) is 97.9 cm³/mol. The number of Topliss-reactive ketones (excluding diaryl/α,β-unsaturated/α-hetero) is 1. The van der Waals surface area contributed by atoms with Gasteiger partial charge >= 0.3 is 0 Å². The van der Waals surface area contributed by atoms with Gasteiger partial charge in [-0.1, -0.05) is 23.8 Å². The van der Waals surface area contributed by atoms with Crippen LogP contribution in [0.3, 0.4) is 0 Å². The van der Waals surface area contributed by atoms with Crippen LogP contribution in [0, 0.1) is 13.8 Å². The van der Waals surface area contributed by atoms with Crippen molar-refractivity contribution in [3.05, 3.63) is 64.7 Å². The summed E-state index contributed by atoms with van der Waals surface area (Å²) < 4.78 is 0. The van der Waals surface area contributed by atoms with Crippen LogP contribution in [0.15, 0.2) is 42.5 Å². The Morgan fingerprint density at radius 1 is 0.960 bits per heavy atom. The molecule has 0 heterocycles. The molecule has 2 rings (SSSR count). The number of benzene rings is 2. The van der Waals surface area contributed by atoms with Gasteiger partial charge in [0, 0.05) is 36.7 Å². The van der Waals surface area contributed by atoms with E-state index in [1.165, 1.54) is 0 Å². The molecule has 0 aliphatic rings. The molecule has 0 saturated heterocycles. The lowest BCUT2D eigenvalue weighted by Gasteiger charge is -2.08. The number of carbonyl (C=O) groups excluding carboxylic acids is 3. The van der Waals surface area contributed by atoms with Gasteiger partial charge in [-0.15, -0.1) is 0 Å². The van der Waals surface area contributed by atoms with Gasteiger partial charge in [0.1, 0.15) is 0 Å². The highest BCUT2D eigenvalue weighted by molar-refractivity contribution is 6.01. The quantitative estimate of drug-likeness (QED) is 0.794. The summed E-state index contributed by atoms with van der Waals surface area (Å²) in [5, 5.41) is 5.26. The second kappa shape index (κ2) is 8.24. The summed E-state index contributed by atoms with van der Waals surface area (Å²) in [5.41, 5.74) is 3.59. The van der Waals surface area contributed by atoms with Crippen LogP contribution in [0.4, 0.5) is 5.69 Å². The fraction of sp³-hybridized carbons (Fsp3) is 0.250. The highest BCUT2D eigenvalue weighted by Crippen LogP contribution is 2.15. The molecular formula is C20H22N2O3. The summed E-state index contributed by atoms with van der Waals surface area (Å²) in [6.45, 7) is 3.82. The van der Waals surface area contributed by atoms with Crippen molar-refractivity contribution in [2.75, 3.05) is 12.4 Å². The number of rotatable bonds is 6. The van der Waals surface area contributed by atoms with Crippen molar-refractivity contribution in [1.82, 2.24) is 5.32 Å². The van der Waals surface area contributed by atoms with Crippen molar-refractivity contribution < 1.29 is 14.4 Å². The first-order valence-corrected chi connectivity index (χ1v) is 8.13. The Balaban J connectivity index is 1.96. The van der Waals surface area contributed by atoms with E-state index in [1.54, 1.807) is 31.3 Å². The third-order valence-electron chi connectivity index (χ3n) is 3.91. The Morgan fingerprint density at radius 3 is 2.44 bits per heavy atom. The van der Waals surface area contributed by atoms with Gasteiger partial charge in [0.2, 0.25) is 5.91 Å². The molecule has 2 N–H and O–H groups in total. The van der Waals surface area contributed by atoms with E-state index in [2.05, 4.69) is 10.6 Å². The summed E-state index contributed by atoms with van der Waals surface area (Å²) in [6.07, 6.45) is 0.238. The number of nitrogens with one attached hydrogen (secondary N) is 2. The van der Waals surface area contributed by atoms with Gasteiger partial charge in [-0.3, -0.25) is 14.4 Å².